The summed E-state index contributed by atoms with van der Waals surface area (Å²) < 4.78 is 1.76. The second kappa shape index (κ2) is 7.27. The smallest absolute Gasteiger partial charge is 0.315 e. The molecule has 6 nitrogen and oxygen atoms in total. The van der Waals surface area contributed by atoms with E-state index in [1.54, 1.807) is 22.2 Å². The van der Waals surface area contributed by atoms with E-state index < -0.39 is 0 Å². The zero-order valence-electron chi connectivity index (χ0n) is 13.6. The lowest BCUT2D eigenvalue weighted by Crippen LogP contribution is -2.34. The molecule has 2 N–H and O–H groups in total. The third-order valence-corrected chi connectivity index (χ3v) is 4.37. The monoisotopic (exact) mass is 341 g/mol. The van der Waals surface area contributed by atoms with Crippen molar-refractivity contribution in [1.82, 2.24) is 25.4 Å². The Morgan fingerprint density at radius 1 is 1.21 bits per heavy atom. The Balaban J connectivity index is 1.59. The molecule has 2 amide bonds. The van der Waals surface area contributed by atoms with Crippen LogP contribution in [0.5, 0.6) is 0 Å². The summed E-state index contributed by atoms with van der Waals surface area (Å²) in [5, 5.41) is 11.1. The van der Waals surface area contributed by atoms with Crippen molar-refractivity contribution in [2.24, 2.45) is 7.05 Å². The summed E-state index contributed by atoms with van der Waals surface area (Å²) in [5.74, 6) is 0. The van der Waals surface area contributed by atoms with Crippen LogP contribution in [-0.4, -0.2) is 20.8 Å². The molecule has 3 aromatic rings. The minimum Gasteiger partial charge on any atom is -0.334 e. The van der Waals surface area contributed by atoms with Gasteiger partial charge in [0.1, 0.15) is 5.01 Å². The van der Waals surface area contributed by atoms with E-state index in [-0.39, 0.29) is 6.03 Å². The number of hydrogen-bond donors (Lipinski definition) is 2. The van der Waals surface area contributed by atoms with Gasteiger partial charge in [0.25, 0.3) is 0 Å². The molecule has 3 rings (SSSR count). The molecule has 2 aromatic heterocycles. The van der Waals surface area contributed by atoms with Crippen LogP contribution in [0.25, 0.3) is 11.3 Å². The number of benzene rings is 1. The highest BCUT2D eigenvalue weighted by Crippen LogP contribution is 2.21. The Morgan fingerprint density at radius 2 is 1.96 bits per heavy atom. The minimum atomic E-state index is -0.217. The zero-order valence-corrected chi connectivity index (χ0v) is 14.4. The summed E-state index contributed by atoms with van der Waals surface area (Å²) in [7, 11) is 1.88. The van der Waals surface area contributed by atoms with Crippen molar-refractivity contribution in [3.05, 3.63) is 58.2 Å². The molecule has 0 aliphatic rings. The van der Waals surface area contributed by atoms with E-state index in [2.05, 4.69) is 20.7 Å². The number of amides is 2. The maximum atomic E-state index is 12.0. The quantitative estimate of drug-likeness (QED) is 0.749. The standard InChI is InChI=1S/C17H19N5OS/c1-12-8-18-15(24-12)10-20-17(23)19-9-14-11-22(2)21-16(14)13-6-4-3-5-7-13/h3-8,11H,9-10H2,1-2H3,(H2,19,20,23). The highest BCUT2D eigenvalue weighted by Gasteiger charge is 2.11. The fraction of sp³-hybridized carbons (Fsp3) is 0.235. The Bertz CT molecular complexity index is 825. The SMILES string of the molecule is Cc1cnc(CNC(=O)NCc2cn(C)nc2-c2ccccc2)s1. The number of aromatic nitrogens is 3. The van der Waals surface area contributed by atoms with Crippen LogP contribution < -0.4 is 10.6 Å². The van der Waals surface area contributed by atoms with Gasteiger partial charge >= 0.3 is 6.03 Å². The molecule has 0 atom stereocenters. The number of urea groups is 1. The molecule has 0 aliphatic carbocycles. The predicted octanol–water partition coefficient (Wildman–Crippen LogP) is 2.85. The van der Waals surface area contributed by atoms with E-state index in [4.69, 9.17) is 0 Å². The van der Waals surface area contributed by atoms with Gasteiger partial charge in [0, 0.05) is 42.0 Å². The van der Waals surface area contributed by atoms with Gasteiger partial charge in [0.2, 0.25) is 0 Å². The van der Waals surface area contributed by atoms with E-state index in [1.807, 2.05) is 50.5 Å². The van der Waals surface area contributed by atoms with Crippen molar-refractivity contribution in [3.63, 3.8) is 0 Å². The van der Waals surface area contributed by atoms with E-state index >= 15 is 0 Å². The number of carbonyl (C=O) groups is 1. The average molecular weight is 341 g/mol. The summed E-state index contributed by atoms with van der Waals surface area (Å²) in [6.07, 6.45) is 3.73. The van der Waals surface area contributed by atoms with Gasteiger partial charge in [-0.05, 0) is 6.92 Å². The van der Waals surface area contributed by atoms with Crippen LogP contribution in [0.4, 0.5) is 4.79 Å². The van der Waals surface area contributed by atoms with Gasteiger partial charge in [-0.3, -0.25) is 4.68 Å². The van der Waals surface area contributed by atoms with E-state index in [0.717, 1.165) is 26.7 Å². The van der Waals surface area contributed by atoms with Gasteiger partial charge in [0.15, 0.2) is 0 Å². The second-order valence-corrected chi connectivity index (χ2v) is 6.76. The molecule has 0 saturated carbocycles. The van der Waals surface area contributed by atoms with Crippen LogP contribution in [0.1, 0.15) is 15.4 Å². The largest absolute Gasteiger partial charge is 0.334 e. The molecule has 0 radical (unpaired) electrons. The molecule has 0 spiro atoms. The van der Waals surface area contributed by atoms with Gasteiger partial charge in [0.05, 0.1) is 12.2 Å². The van der Waals surface area contributed by atoms with Crippen LogP contribution in [0.15, 0.2) is 42.7 Å². The van der Waals surface area contributed by atoms with Crippen LogP contribution in [0.3, 0.4) is 0 Å². The van der Waals surface area contributed by atoms with Gasteiger partial charge in [-0.25, -0.2) is 9.78 Å². The number of thiazole rings is 1. The normalized spacial score (nSPS) is 10.6. The molecule has 1 aromatic carbocycles. The number of aryl methyl sites for hydroxylation is 2. The Morgan fingerprint density at radius 3 is 2.67 bits per heavy atom. The number of nitrogens with one attached hydrogen (secondary N) is 2. The maximum absolute atomic E-state index is 12.0. The fourth-order valence-corrected chi connectivity index (χ4v) is 3.11. The molecule has 7 heteroatoms. The molecule has 2 heterocycles. The first-order valence-electron chi connectivity index (χ1n) is 7.63. The number of rotatable bonds is 5. The van der Waals surface area contributed by atoms with Gasteiger partial charge in [-0.2, -0.15) is 5.10 Å². The topological polar surface area (TPSA) is 71.8 Å². The van der Waals surface area contributed by atoms with Crippen LogP contribution in [0.2, 0.25) is 0 Å². The van der Waals surface area contributed by atoms with Crippen molar-refractivity contribution in [1.29, 1.82) is 0 Å². The summed E-state index contributed by atoms with van der Waals surface area (Å²) in [6.45, 7) is 2.85. The van der Waals surface area contributed by atoms with Gasteiger partial charge in [-0.1, -0.05) is 30.3 Å². The van der Waals surface area contributed by atoms with Crippen LogP contribution in [0, 0.1) is 6.92 Å². The first kappa shape index (κ1) is 16.2. The van der Waals surface area contributed by atoms with E-state index in [9.17, 15) is 4.79 Å². The summed E-state index contributed by atoms with van der Waals surface area (Å²) in [4.78, 5) is 17.3. The number of hydrogen-bond acceptors (Lipinski definition) is 4. The lowest BCUT2D eigenvalue weighted by atomic mass is 10.1. The van der Waals surface area contributed by atoms with Crippen molar-refractivity contribution in [2.75, 3.05) is 0 Å². The van der Waals surface area contributed by atoms with E-state index in [1.165, 1.54) is 0 Å². The van der Waals surface area contributed by atoms with Crippen molar-refractivity contribution >= 4 is 17.4 Å². The summed E-state index contributed by atoms with van der Waals surface area (Å²) in [6, 6.07) is 9.73. The Kier molecular flexibility index (Phi) is 4.90. The third-order valence-electron chi connectivity index (χ3n) is 3.46. The van der Waals surface area contributed by atoms with Crippen molar-refractivity contribution in [2.45, 2.75) is 20.0 Å². The lowest BCUT2D eigenvalue weighted by Gasteiger charge is -2.06. The van der Waals surface area contributed by atoms with Gasteiger partial charge < -0.3 is 10.6 Å². The fourth-order valence-electron chi connectivity index (χ4n) is 2.38. The second-order valence-electron chi connectivity index (χ2n) is 5.44. The summed E-state index contributed by atoms with van der Waals surface area (Å²) in [5.41, 5.74) is 2.89. The molecular formula is C17H19N5OS. The lowest BCUT2D eigenvalue weighted by molar-refractivity contribution is 0.240. The van der Waals surface area contributed by atoms with Crippen LogP contribution >= 0.6 is 11.3 Å². The average Bonchev–Trinajstić information content (AvgIpc) is 3.17. The molecule has 0 fully saturated rings. The molecule has 0 saturated heterocycles. The first-order valence-corrected chi connectivity index (χ1v) is 8.44. The molecular weight excluding hydrogens is 322 g/mol. The first-order chi connectivity index (χ1) is 11.6. The van der Waals surface area contributed by atoms with Crippen molar-refractivity contribution < 1.29 is 4.79 Å². The zero-order chi connectivity index (χ0) is 16.9. The number of carbonyl (C=O) groups excluding carboxylic acids is 1. The van der Waals surface area contributed by atoms with Crippen LogP contribution in [-0.2, 0) is 20.1 Å². The Hall–Kier alpha value is -2.67. The highest BCUT2D eigenvalue weighted by atomic mass is 32.1. The molecule has 124 valence electrons. The molecule has 0 unspecified atom stereocenters. The predicted molar refractivity (Wildman–Crippen MR) is 94.6 cm³/mol. The van der Waals surface area contributed by atoms with Gasteiger partial charge in [-0.15, -0.1) is 11.3 Å². The summed E-state index contributed by atoms with van der Waals surface area (Å²) >= 11 is 1.58. The third kappa shape index (κ3) is 3.99. The van der Waals surface area contributed by atoms with E-state index in [0.29, 0.717) is 13.1 Å². The number of nitrogens with zero attached hydrogens (tertiary/aromatic N) is 3. The maximum Gasteiger partial charge on any atom is 0.315 e. The molecule has 0 bridgehead atoms. The van der Waals surface area contributed by atoms with Crippen molar-refractivity contribution in [3.8, 4) is 11.3 Å². The molecule has 0 aliphatic heterocycles. The highest BCUT2D eigenvalue weighted by molar-refractivity contribution is 7.11. The minimum absolute atomic E-state index is 0.217. The molecule has 24 heavy (non-hydrogen) atoms. The Labute approximate surface area is 144 Å².